The molecule has 5 heteroatoms. The van der Waals surface area contributed by atoms with E-state index in [1.807, 2.05) is 0 Å². The molecule has 1 amide bonds. The van der Waals surface area contributed by atoms with E-state index in [1.54, 1.807) is 6.20 Å². The molecule has 0 aromatic rings. The first-order valence-electron chi connectivity index (χ1n) is 8.33. The lowest BCUT2D eigenvalue weighted by atomic mass is 9.97. The minimum Gasteiger partial charge on any atom is -0.368 e. The first kappa shape index (κ1) is 16.1. The van der Waals surface area contributed by atoms with Crippen LogP contribution in [0.1, 0.15) is 51.9 Å². The molecule has 21 heavy (non-hydrogen) atoms. The molecule has 2 aliphatic rings. The van der Waals surface area contributed by atoms with Crippen molar-refractivity contribution in [2.75, 3.05) is 13.6 Å². The number of hydrogen-bond donors (Lipinski definition) is 3. The maximum atomic E-state index is 11.1. The van der Waals surface area contributed by atoms with E-state index >= 15 is 0 Å². The van der Waals surface area contributed by atoms with E-state index in [4.69, 9.17) is 5.73 Å². The predicted octanol–water partition coefficient (Wildman–Crippen LogP) is 1.51. The Morgan fingerprint density at radius 1 is 1.48 bits per heavy atom. The molecule has 120 valence electrons. The minimum atomic E-state index is -0.402. The van der Waals surface area contributed by atoms with Crippen LogP contribution in [0.15, 0.2) is 11.9 Å². The van der Waals surface area contributed by atoms with E-state index in [0.29, 0.717) is 11.7 Å². The highest BCUT2D eigenvalue weighted by molar-refractivity contribution is 5.91. The van der Waals surface area contributed by atoms with E-state index in [-0.39, 0.29) is 6.17 Å². The van der Waals surface area contributed by atoms with Crippen LogP contribution in [0, 0.1) is 5.92 Å². The molecule has 0 bridgehead atoms. The maximum absolute atomic E-state index is 11.1. The summed E-state index contributed by atoms with van der Waals surface area (Å²) in [6.45, 7) is 3.13. The average molecular weight is 294 g/mol. The highest BCUT2D eigenvalue weighted by atomic mass is 16.1. The van der Waals surface area contributed by atoms with Gasteiger partial charge in [0.15, 0.2) is 0 Å². The van der Waals surface area contributed by atoms with E-state index in [2.05, 4.69) is 29.5 Å². The van der Waals surface area contributed by atoms with Crippen molar-refractivity contribution < 1.29 is 4.79 Å². The Morgan fingerprint density at radius 2 is 2.19 bits per heavy atom. The second-order valence-electron chi connectivity index (χ2n) is 6.52. The number of primary amides is 1. The lowest BCUT2D eigenvalue weighted by Crippen LogP contribution is -2.46. The lowest BCUT2D eigenvalue weighted by Gasteiger charge is -2.30. The fourth-order valence-corrected chi connectivity index (χ4v) is 3.60. The predicted molar refractivity (Wildman–Crippen MR) is 85.2 cm³/mol. The summed E-state index contributed by atoms with van der Waals surface area (Å²) < 4.78 is 0. The van der Waals surface area contributed by atoms with Crippen LogP contribution in [0.5, 0.6) is 0 Å². The van der Waals surface area contributed by atoms with Crippen LogP contribution >= 0.6 is 0 Å². The van der Waals surface area contributed by atoms with Crippen molar-refractivity contribution in [2.45, 2.75) is 64.1 Å². The fraction of sp³-hybridized carbons (Fsp3) is 0.812. The number of amides is 1. The van der Waals surface area contributed by atoms with Gasteiger partial charge in [-0.1, -0.05) is 32.6 Å². The molecular weight excluding hydrogens is 264 g/mol. The Hall–Kier alpha value is -1.23. The molecule has 1 saturated carbocycles. The van der Waals surface area contributed by atoms with Crippen LogP contribution < -0.4 is 16.4 Å². The molecule has 1 fully saturated rings. The van der Waals surface area contributed by atoms with Gasteiger partial charge in [0.05, 0.1) is 0 Å². The Balaban J connectivity index is 1.72. The number of carbonyl (C=O) groups is 1. The molecule has 0 saturated heterocycles. The number of carbonyl (C=O) groups excluding carboxylic acids is 1. The summed E-state index contributed by atoms with van der Waals surface area (Å²) in [6.07, 6.45) is 11.3. The van der Waals surface area contributed by atoms with Gasteiger partial charge in [0.1, 0.15) is 11.9 Å². The zero-order chi connectivity index (χ0) is 15.2. The van der Waals surface area contributed by atoms with Crippen LogP contribution in [0.25, 0.3) is 0 Å². The molecule has 2 rings (SSSR count). The van der Waals surface area contributed by atoms with Crippen LogP contribution in [0.4, 0.5) is 0 Å². The monoisotopic (exact) mass is 294 g/mol. The van der Waals surface area contributed by atoms with Gasteiger partial charge in [-0.15, -0.1) is 0 Å². The zero-order valence-corrected chi connectivity index (χ0v) is 13.4. The first-order valence-corrected chi connectivity index (χ1v) is 8.33. The molecule has 1 aliphatic heterocycles. The molecule has 4 N–H and O–H groups in total. The number of nitrogens with zero attached hydrogens (tertiary/aromatic N) is 1. The topological polar surface area (TPSA) is 70.4 Å². The molecule has 2 unspecified atom stereocenters. The summed E-state index contributed by atoms with van der Waals surface area (Å²) in [5, 5.41) is 6.31. The smallest absolute Gasteiger partial charge is 0.266 e. The van der Waals surface area contributed by atoms with E-state index < -0.39 is 5.91 Å². The van der Waals surface area contributed by atoms with Crippen molar-refractivity contribution in [3.63, 3.8) is 0 Å². The fourth-order valence-electron chi connectivity index (χ4n) is 3.60. The Labute approximate surface area is 128 Å². The number of nitrogens with one attached hydrogen (secondary N) is 2. The maximum Gasteiger partial charge on any atom is 0.266 e. The third-order valence-corrected chi connectivity index (χ3v) is 4.97. The summed E-state index contributed by atoms with van der Waals surface area (Å²) in [5.41, 5.74) is 5.75. The summed E-state index contributed by atoms with van der Waals surface area (Å²) >= 11 is 0. The summed E-state index contributed by atoms with van der Waals surface area (Å²) in [7, 11) is 2.18. The van der Waals surface area contributed by atoms with Crippen LogP contribution in [0.2, 0.25) is 0 Å². The van der Waals surface area contributed by atoms with Crippen molar-refractivity contribution in [3.05, 3.63) is 11.9 Å². The standard InChI is InChI=1S/C16H30N4O/c1-3-13(9-8-12-6-4-5-7-12)20(2)11-15-18-10-14(19-15)16(17)21/h10,12-13,15,18-19H,3-9,11H2,1-2H3,(H2,17,21). The SMILES string of the molecule is CCC(CCC1CCCC1)N(C)CC1NC=C(C(N)=O)N1. The van der Waals surface area contributed by atoms with Gasteiger partial charge in [0, 0.05) is 18.8 Å². The van der Waals surface area contributed by atoms with Crippen LogP contribution in [0.3, 0.4) is 0 Å². The quantitative estimate of drug-likeness (QED) is 0.635. The van der Waals surface area contributed by atoms with Crippen molar-refractivity contribution in [1.82, 2.24) is 15.5 Å². The number of hydrogen-bond acceptors (Lipinski definition) is 4. The van der Waals surface area contributed by atoms with Crippen molar-refractivity contribution in [2.24, 2.45) is 11.7 Å². The molecule has 5 nitrogen and oxygen atoms in total. The molecule has 1 heterocycles. The van der Waals surface area contributed by atoms with Gasteiger partial charge in [-0.05, 0) is 32.2 Å². The molecular formula is C16H30N4O. The largest absolute Gasteiger partial charge is 0.368 e. The van der Waals surface area contributed by atoms with Gasteiger partial charge >= 0.3 is 0 Å². The molecule has 0 aromatic carbocycles. The molecule has 0 aromatic heterocycles. The van der Waals surface area contributed by atoms with Crippen molar-refractivity contribution in [1.29, 1.82) is 0 Å². The number of nitrogens with two attached hydrogens (primary N) is 1. The number of rotatable bonds is 8. The summed E-state index contributed by atoms with van der Waals surface area (Å²) in [6, 6.07) is 0.617. The van der Waals surface area contributed by atoms with Crippen molar-refractivity contribution >= 4 is 5.91 Å². The second-order valence-corrected chi connectivity index (χ2v) is 6.52. The highest BCUT2D eigenvalue weighted by Gasteiger charge is 2.23. The van der Waals surface area contributed by atoms with Crippen LogP contribution in [-0.2, 0) is 4.79 Å². The molecule has 0 radical (unpaired) electrons. The van der Waals surface area contributed by atoms with E-state index in [1.165, 1.54) is 44.9 Å². The normalized spacial score (nSPS) is 23.8. The summed E-state index contributed by atoms with van der Waals surface area (Å²) in [4.78, 5) is 13.5. The first-order chi connectivity index (χ1) is 10.1. The number of likely N-dealkylation sites (N-methyl/N-ethyl adjacent to an activating group) is 1. The third kappa shape index (κ3) is 4.63. The summed E-state index contributed by atoms with van der Waals surface area (Å²) in [5.74, 6) is 0.555. The lowest BCUT2D eigenvalue weighted by molar-refractivity contribution is -0.114. The molecule has 1 aliphatic carbocycles. The Kier molecular flexibility index (Phi) is 5.91. The third-order valence-electron chi connectivity index (χ3n) is 4.97. The van der Waals surface area contributed by atoms with Gasteiger partial charge < -0.3 is 16.4 Å². The average Bonchev–Trinajstić information content (AvgIpc) is 3.10. The van der Waals surface area contributed by atoms with Crippen LogP contribution in [-0.4, -0.2) is 36.6 Å². The van der Waals surface area contributed by atoms with Gasteiger partial charge in [0.2, 0.25) is 0 Å². The second kappa shape index (κ2) is 7.69. The molecule has 2 atom stereocenters. The minimum absolute atomic E-state index is 0.0815. The van der Waals surface area contributed by atoms with E-state index in [9.17, 15) is 4.79 Å². The highest BCUT2D eigenvalue weighted by Crippen LogP contribution is 2.29. The van der Waals surface area contributed by atoms with Gasteiger partial charge in [0.25, 0.3) is 5.91 Å². The Morgan fingerprint density at radius 3 is 2.76 bits per heavy atom. The van der Waals surface area contributed by atoms with Gasteiger partial charge in [-0.3, -0.25) is 9.69 Å². The Bertz CT molecular complexity index is 376. The van der Waals surface area contributed by atoms with Crippen molar-refractivity contribution in [3.8, 4) is 0 Å². The van der Waals surface area contributed by atoms with Gasteiger partial charge in [-0.25, -0.2) is 0 Å². The zero-order valence-electron chi connectivity index (χ0n) is 13.4. The molecule has 0 spiro atoms. The van der Waals surface area contributed by atoms with Gasteiger partial charge in [-0.2, -0.15) is 0 Å². The van der Waals surface area contributed by atoms with E-state index in [0.717, 1.165) is 12.5 Å².